The number of nitrogen functional groups attached to an aromatic ring is 1. The first-order valence-corrected chi connectivity index (χ1v) is 5.70. The van der Waals surface area contributed by atoms with Crippen LogP contribution in [-0.4, -0.2) is 16.9 Å². The van der Waals surface area contributed by atoms with Crippen LogP contribution in [-0.2, 0) is 0 Å². The Hall–Kier alpha value is -2.66. The number of amidine groups is 1. The maximum Gasteiger partial charge on any atom is 0.335 e. The van der Waals surface area contributed by atoms with Crippen molar-refractivity contribution >= 4 is 11.8 Å². The van der Waals surface area contributed by atoms with Crippen LogP contribution in [0.15, 0.2) is 54.6 Å². The van der Waals surface area contributed by atoms with Gasteiger partial charge in [-0.2, -0.15) is 0 Å². The molecule has 0 aromatic heterocycles. The van der Waals surface area contributed by atoms with E-state index in [2.05, 4.69) is 0 Å². The van der Waals surface area contributed by atoms with Gasteiger partial charge in [-0.1, -0.05) is 48.0 Å². The number of rotatable bonds is 2. The third kappa shape index (κ3) is 5.79. The van der Waals surface area contributed by atoms with Gasteiger partial charge in [0.15, 0.2) is 0 Å². The molecule has 0 heterocycles. The predicted molar refractivity (Wildman–Crippen MR) is 80.6 cm³/mol. The first-order valence-electron chi connectivity index (χ1n) is 5.70. The molecule has 0 aliphatic carbocycles. The van der Waals surface area contributed by atoms with Crippen molar-refractivity contribution in [1.82, 2.24) is 6.15 Å². The average Bonchev–Trinajstić information content (AvgIpc) is 2.40. The lowest BCUT2D eigenvalue weighted by molar-refractivity contribution is 0.0697. The molecule has 0 spiro atoms. The van der Waals surface area contributed by atoms with Crippen molar-refractivity contribution in [3.05, 3.63) is 71.3 Å². The maximum absolute atomic E-state index is 10.4. The fourth-order valence-corrected chi connectivity index (χ4v) is 1.40. The molecule has 5 heteroatoms. The lowest BCUT2D eigenvalue weighted by Gasteiger charge is -1.93. The van der Waals surface area contributed by atoms with Gasteiger partial charge >= 0.3 is 5.97 Å². The second kappa shape index (κ2) is 8.44. The monoisotopic (exact) mass is 273 g/mol. The van der Waals surface area contributed by atoms with Gasteiger partial charge in [-0.25, -0.2) is 4.79 Å². The molecule has 0 saturated carbocycles. The Morgan fingerprint density at radius 3 is 1.95 bits per heavy atom. The topological polar surface area (TPSA) is 122 Å². The van der Waals surface area contributed by atoms with Crippen molar-refractivity contribution in [2.24, 2.45) is 5.73 Å². The van der Waals surface area contributed by atoms with Gasteiger partial charge in [-0.15, -0.1) is 0 Å². The molecule has 0 saturated heterocycles. The van der Waals surface area contributed by atoms with E-state index in [0.29, 0.717) is 5.56 Å². The molecule has 106 valence electrons. The van der Waals surface area contributed by atoms with E-state index in [4.69, 9.17) is 16.2 Å². The summed E-state index contributed by atoms with van der Waals surface area (Å²) < 4.78 is 0. The van der Waals surface area contributed by atoms with Crippen molar-refractivity contribution in [3.8, 4) is 0 Å². The van der Waals surface area contributed by atoms with Gasteiger partial charge in [0, 0.05) is 5.56 Å². The number of carbonyl (C=O) groups is 1. The maximum atomic E-state index is 10.4. The quantitative estimate of drug-likeness (QED) is 0.496. The summed E-state index contributed by atoms with van der Waals surface area (Å²) in [6.45, 7) is 1.87. The van der Waals surface area contributed by atoms with E-state index in [1.165, 1.54) is 0 Å². The van der Waals surface area contributed by atoms with Crippen molar-refractivity contribution < 1.29 is 9.90 Å². The minimum atomic E-state index is -0.872. The van der Waals surface area contributed by atoms with Crippen molar-refractivity contribution in [2.45, 2.75) is 6.92 Å². The summed E-state index contributed by atoms with van der Waals surface area (Å²) in [6.07, 6.45) is 0. The Labute approximate surface area is 118 Å². The van der Waals surface area contributed by atoms with Crippen LogP contribution in [0.5, 0.6) is 0 Å². The Bertz CT molecular complexity index is 568. The normalized spacial score (nSPS) is 8.65. The van der Waals surface area contributed by atoms with Gasteiger partial charge in [0.05, 0.1) is 5.56 Å². The molecule has 2 rings (SSSR count). The molecule has 2 aromatic carbocycles. The summed E-state index contributed by atoms with van der Waals surface area (Å²) in [5.74, 6) is -0.751. The number of aromatic carboxylic acids is 1. The van der Waals surface area contributed by atoms with E-state index < -0.39 is 5.97 Å². The molecule has 0 aliphatic rings. The van der Waals surface area contributed by atoms with Crippen LogP contribution in [0.25, 0.3) is 0 Å². The zero-order chi connectivity index (χ0) is 14.3. The highest BCUT2D eigenvalue weighted by atomic mass is 16.4. The number of carboxylic acid groups (broad SMARTS) is 1. The molecule has 5 nitrogen and oxygen atoms in total. The molecule has 0 amide bonds. The molecule has 0 bridgehead atoms. The summed E-state index contributed by atoms with van der Waals surface area (Å²) in [7, 11) is 0. The van der Waals surface area contributed by atoms with Crippen LogP contribution in [0.1, 0.15) is 21.5 Å². The standard InChI is InChI=1S/C8H8O2.C7H8N2.H3N/c1-6-3-2-4-7(5-6)8(9)10;8-7(9)6-4-2-1-3-5-6;/h2-5H,1H3,(H,9,10);1-5H,(H3,8,9);1H3. The summed E-state index contributed by atoms with van der Waals surface area (Å²) in [5, 5.41) is 15.5. The third-order valence-corrected chi connectivity index (χ3v) is 2.35. The highest BCUT2D eigenvalue weighted by Gasteiger charge is 1.99. The van der Waals surface area contributed by atoms with E-state index in [-0.39, 0.29) is 12.0 Å². The SMILES string of the molecule is Cc1cccc(C(=O)O)c1.N.N=C(N)c1ccccc1. The van der Waals surface area contributed by atoms with Crippen LogP contribution in [0.3, 0.4) is 0 Å². The predicted octanol–water partition coefficient (Wildman–Crippen LogP) is 2.83. The summed E-state index contributed by atoms with van der Waals surface area (Å²) in [5.41, 5.74) is 7.29. The fraction of sp³-hybridized carbons (Fsp3) is 0.0667. The van der Waals surface area contributed by atoms with Gasteiger partial charge in [0.2, 0.25) is 0 Å². The first-order chi connectivity index (χ1) is 9.00. The second-order valence-electron chi connectivity index (χ2n) is 3.95. The number of aryl methyl sites for hydroxylation is 1. The number of hydrogen-bond donors (Lipinski definition) is 4. The average molecular weight is 273 g/mol. The molecule has 0 aliphatic heterocycles. The molecular weight excluding hydrogens is 254 g/mol. The number of hydrogen-bond acceptors (Lipinski definition) is 3. The van der Waals surface area contributed by atoms with E-state index in [1.807, 2.05) is 43.3 Å². The van der Waals surface area contributed by atoms with Crippen LogP contribution >= 0.6 is 0 Å². The van der Waals surface area contributed by atoms with Crippen LogP contribution in [0.2, 0.25) is 0 Å². The molecule has 0 unspecified atom stereocenters. The number of nitrogens with two attached hydrogens (primary N) is 1. The molecule has 20 heavy (non-hydrogen) atoms. The Kier molecular flexibility index (Phi) is 7.32. The molecular formula is C15H19N3O2. The molecule has 7 N–H and O–H groups in total. The lowest BCUT2D eigenvalue weighted by Crippen LogP contribution is -2.10. The molecule has 0 radical (unpaired) electrons. The summed E-state index contributed by atoms with van der Waals surface area (Å²) >= 11 is 0. The van der Waals surface area contributed by atoms with Crippen LogP contribution < -0.4 is 11.9 Å². The molecule has 0 fully saturated rings. The van der Waals surface area contributed by atoms with Gasteiger partial charge in [0.1, 0.15) is 5.84 Å². The highest BCUT2D eigenvalue weighted by Crippen LogP contribution is 2.02. The van der Waals surface area contributed by atoms with E-state index in [9.17, 15) is 4.79 Å². The molecule has 2 aromatic rings. The van der Waals surface area contributed by atoms with Crippen LogP contribution in [0.4, 0.5) is 0 Å². The third-order valence-electron chi connectivity index (χ3n) is 2.35. The number of benzene rings is 2. The lowest BCUT2D eigenvalue weighted by atomic mass is 10.1. The summed E-state index contributed by atoms with van der Waals surface area (Å²) in [4.78, 5) is 10.4. The van der Waals surface area contributed by atoms with Crippen molar-refractivity contribution in [2.75, 3.05) is 0 Å². The van der Waals surface area contributed by atoms with Gasteiger partial charge in [-0.05, 0) is 19.1 Å². The van der Waals surface area contributed by atoms with Gasteiger partial charge < -0.3 is 17.0 Å². The van der Waals surface area contributed by atoms with Crippen LogP contribution in [0, 0.1) is 12.3 Å². The van der Waals surface area contributed by atoms with Crippen molar-refractivity contribution in [3.63, 3.8) is 0 Å². The molecule has 0 atom stereocenters. The first kappa shape index (κ1) is 17.3. The van der Waals surface area contributed by atoms with E-state index in [1.54, 1.807) is 18.2 Å². The zero-order valence-electron chi connectivity index (χ0n) is 11.3. The van der Waals surface area contributed by atoms with E-state index in [0.717, 1.165) is 11.1 Å². The smallest absolute Gasteiger partial charge is 0.335 e. The highest BCUT2D eigenvalue weighted by molar-refractivity contribution is 5.94. The van der Waals surface area contributed by atoms with Gasteiger partial charge in [-0.3, -0.25) is 5.41 Å². The van der Waals surface area contributed by atoms with Gasteiger partial charge in [0.25, 0.3) is 0 Å². The Morgan fingerprint density at radius 2 is 1.60 bits per heavy atom. The minimum absolute atomic E-state index is 0. The minimum Gasteiger partial charge on any atom is -0.478 e. The number of nitrogens with one attached hydrogen (secondary N) is 1. The Morgan fingerprint density at radius 1 is 1.05 bits per heavy atom. The Balaban J connectivity index is 0.000000345. The fourth-order valence-electron chi connectivity index (χ4n) is 1.40. The zero-order valence-corrected chi connectivity index (χ0v) is 11.3. The second-order valence-corrected chi connectivity index (χ2v) is 3.95. The van der Waals surface area contributed by atoms with E-state index >= 15 is 0 Å². The summed E-state index contributed by atoms with van der Waals surface area (Å²) in [6, 6.07) is 16.0. The van der Waals surface area contributed by atoms with Crippen molar-refractivity contribution in [1.29, 1.82) is 5.41 Å². The largest absolute Gasteiger partial charge is 0.478 e. The number of carboxylic acids is 1.